The van der Waals surface area contributed by atoms with Gasteiger partial charge in [-0.15, -0.1) is 0 Å². The molecule has 102 valence electrons. The fourth-order valence-electron chi connectivity index (χ4n) is 2.07. The van der Waals surface area contributed by atoms with Crippen LogP contribution in [0, 0.1) is 5.92 Å². The highest BCUT2D eigenvalue weighted by atomic mass is 19.3. The predicted molar refractivity (Wildman–Crippen MR) is 60.8 cm³/mol. The van der Waals surface area contributed by atoms with Gasteiger partial charge in [0.05, 0.1) is 6.54 Å². The number of halogens is 2. The molecule has 19 heavy (non-hydrogen) atoms. The van der Waals surface area contributed by atoms with E-state index in [1.165, 1.54) is 12.3 Å². The molecular weight excluding hydrogens is 258 g/mol. The number of hydrogen-bond donors (Lipinski definition) is 1. The number of rotatable bonds is 2. The zero-order valence-electron chi connectivity index (χ0n) is 9.92. The summed E-state index contributed by atoms with van der Waals surface area (Å²) in [5.74, 6) is -7.30. The van der Waals surface area contributed by atoms with Crippen LogP contribution < -0.4 is 0 Å². The molecule has 0 radical (unpaired) electrons. The molecule has 1 saturated heterocycles. The number of carbonyl (C=O) groups is 2. The molecule has 2 heterocycles. The average Bonchev–Trinajstić information content (AvgIpc) is 2.37. The lowest BCUT2D eigenvalue weighted by Crippen LogP contribution is -2.53. The van der Waals surface area contributed by atoms with Gasteiger partial charge in [0.25, 0.3) is 11.8 Å². The number of aromatic nitrogens is 1. The third kappa shape index (κ3) is 2.69. The first-order valence-corrected chi connectivity index (χ1v) is 5.73. The van der Waals surface area contributed by atoms with E-state index >= 15 is 0 Å². The Kier molecular flexibility index (Phi) is 3.46. The van der Waals surface area contributed by atoms with Crippen molar-refractivity contribution in [3.8, 4) is 0 Å². The van der Waals surface area contributed by atoms with Gasteiger partial charge in [-0.1, -0.05) is 6.07 Å². The van der Waals surface area contributed by atoms with Crippen LogP contribution >= 0.6 is 0 Å². The maximum atomic E-state index is 13.7. The minimum absolute atomic E-state index is 0.0119. The Morgan fingerprint density at radius 1 is 1.42 bits per heavy atom. The molecule has 1 fully saturated rings. The summed E-state index contributed by atoms with van der Waals surface area (Å²) in [7, 11) is 0. The Hall–Kier alpha value is -2.05. The van der Waals surface area contributed by atoms with Gasteiger partial charge in [0.2, 0.25) is 0 Å². The van der Waals surface area contributed by atoms with Gasteiger partial charge in [-0.2, -0.15) is 0 Å². The van der Waals surface area contributed by atoms with Gasteiger partial charge in [0, 0.05) is 12.7 Å². The third-order valence-electron chi connectivity index (χ3n) is 3.07. The molecule has 1 aliphatic rings. The number of likely N-dealkylation sites (tertiary alicyclic amines) is 1. The van der Waals surface area contributed by atoms with E-state index in [9.17, 15) is 18.4 Å². The van der Waals surface area contributed by atoms with E-state index < -0.39 is 30.3 Å². The summed E-state index contributed by atoms with van der Waals surface area (Å²) in [6, 6.07) is 4.63. The second kappa shape index (κ2) is 4.91. The molecule has 1 aliphatic heterocycles. The fraction of sp³-hybridized carbons (Fsp3) is 0.417. The molecule has 1 aromatic rings. The smallest absolute Gasteiger partial charge is 0.312 e. The first-order valence-electron chi connectivity index (χ1n) is 5.73. The number of aliphatic carboxylic acids is 1. The van der Waals surface area contributed by atoms with Gasteiger partial charge < -0.3 is 10.0 Å². The number of carboxylic acid groups (broad SMARTS) is 1. The number of alkyl halides is 2. The largest absolute Gasteiger partial charge is 0.481 e. The highest BCUT2D eigenvalue weighted by molar-refractivity contribution is 5.92. The van der Waals surface area contributed by atoms with Crippen molar-refractivity contribution >= 4 is 11.9 Å². The zero-order chi connectivity index (χ0) is 14.0. The van der Waals surface area contributed by atoms with Crippen LogP contribution in [0.25, 0.3) is 0 Å². The SMILES string of the molecule is O=C(O)C1CCN(C(=O)c2ccccn2)CC1(F)F. The van der Waals surface area contributed by atoms with Crippen LogP contribution in [0.15, 0.2) is 24.4 Å². The molecule has 0 spiro atoms. The highest BCUT2D eigenvalue weighted by Crippen LogP contribution is 2.33. The monoisotopic (exact) mass is 270 g/mol. The van der Waals surface area contributed by atoms with E-state index in [0.29, 0.717) is 0 Å². The highest BCUT2D eigenvalue weighted by Gasteiger charge is 2.49. The Labute approximate surface area is 107 Å². The van der Waals surface area contributed by atoms with Crippen LogP contribution in [0.2, 0.25) is 0 Å². The summed E-state index contributed by atoms with van der Waals surface area (Å²) in [5.41, 5.74) is 0.0760. The van der Waals surface area contributed by atoms with Crippen molar-refractivity contribution in [1.82, 2.24) is 9.88 Å². The average molecular weight is 270 g/mol. The molecule has 1 atom stereocenters. The second-order valence-corrected chi connectivity index (χ2v) is 4.38. The van der Waals surface area contributed by atoms with Crippen molar-refractivity contribution in [1.29, 1.82) is 0 Å². The third-order valence-corrected chi connectivity index (χ3v) is 3.07. The van der Waals surface area contributed by atoms with E-state index in [1.807, 2.05) is 0 Å². The molecule has 7 heteroatoms. The molecule has 1 aromatic heterocycles. The van der Waals surface area contributed by atoms with Gasteiger partial charge >= 0.3 is 5.97 Å². The standard InChI is InChI=1S/C12H12F2N2O3/c13-12(14)7-16(6-4-8(12)11(18)19)10(17)9-3-1-2-5-15-9/h1-3,5,8H,4,6-7H2,(H,18,19). The quantitative estimate of drug-likeness (QED) is 0.878. The molecule has 1 amide bonds. The van der Waals surface area contributed by atoms with Crippen LogP contribution in [0.5, 0.6) is 0 Å². The summed E-state index contributed by atoms with van der Waals surface area (Å²) in [4.78, 5) is 27.4. The summed E-state index contributed by atoms with van der Waals surface area (Å²) in [6.07, 6.45) is 1.14. The van der Waals surface area contributed by atoms with Crippen LogP contribution in [0.3, 0.4) is 0 Å². The molecule has 2 rings (SSSR count). The van der Waals surface area contributed by atoms with Gasteiger partial charge in [-0.05, 0) is 18.6 Å². The second-order valence-electron chi connectivity index (χ2n) is 4.38. The number of pyridine rings is 1. The minimum atomic E-state index is -3.42. The lowest BCUT2D eigenvalue weighted by molar-refractivity contribution is -0.165. The Morgan fingerprint density at radius 3 is 2.68 bits per heavy atom. The Balaban J connectivity index is 2.13. The number of carboxylic acids is 1. The number of piperidine rings is 1. The predicted octanol–water partition coefficient (Wildman–Crippen LogP) is 1.26. The van der Waals surface area contributed by atoms with Gasteiger partial charge in [-0.3, -0.25) is 14.6 Å². The van der Waals surface area contributed by atoms with E-state index in [4.69, 9.17) is 5.11 Å². The topological polar surface area (TPSA) is 70.5 Å². The van der Waals surface area contributed by atoms with Crippen molar-refractivity contribution in [2.45, 2.75) is 12.3 Å². The number of carbonyl (C=O) groups excluding carboxylic acids is 1. The molecule has 5 nitrogen and oxygen atoms in total. The lowest BCUT2D eigenvalue weighted by atomic mass is 9.93. The molecule has 0 aromatic carbocycles. The Bertz CT molecular complexity index is 493. The summed E-state index contributed by atoms with van der Waals surface area (Å²) < 4.78 is 27.3. The molecule has 1 N–H and O–H groups in total. The summed E-state index contributed by atoms with van der Waals surface area (Å²) in [5, 5.41) is 8.72. The van der Waals surface area contributed by atoms with E-state index in [-0.39, 0.29) is 18.7 Å². The van der Waals surface area contributed by atoms with Gasteiger partial charge in [-0.25, -0.2) is 8.78 Å². The lowest BCUT2D eigenvalue weighted by Gasteiger charge is -2.36. The van der Waals surface area contributed by atoms with Crippen molar-refractivity contribution in [2.75, 3.05) is 13.1 Å². The number of nitrogens with zero attached hydrogens (tertiary/aromatic N) is 2. The molecule has 1 unspecified atom stereocenters. The van der Waals surface area contributed by atoms with Crippen LogP contribution in [0.4, 0.5) is 8.78 Å². The van der Waals surface area contributed by atoms with E-state index in [2.05, 4.69) is 4.98 Å². The maximum absolute atomic E-state index is 13.7. The first-order chi connectivity index (χ1) is 8.92. The normalized spacial score (nSPS) is 22.0. The maximum Gasteiger partial charge on any atom is 0.312 e. The molecular formula is C12H12F2N2O3. The van der Waals surface area contributed by atoms with Crippen molar-refractivity contribution in [3.63, 3.8) is 0 Å². The molecule has 0 bridgehead atoms. The van der Waals surface area contributed by atoms with Crippen molar-refractivity contribution in [3.05, 3.63) is 30.1 Å². The number of amides is 1. The fourth-order valence-corrected chi connectivity index (χ4v) is 2.07. The minimum Gasteiger partial charge on any atom is -0.481 e. The van der Waals surface area contributed by atoms with Crippen molar-refractivity contribution < 1.29 is 23.5 Å². The van der Waals surface area contributed by atoms with Crippen LogP contribution in [-0.2, 0) is 4.79 Å². The van der Waals surface area contributed by atoms with E-state index in [0.717, 1.165) is 4.90 Å². The summed E-state index contributed by atoms with van der Waals surface area (Å²) in [6.45, 7) is -0.901. The van der Waals surface area contributed by atoms with E-state index in [1.54, 1.807) is 12.1 Å². The molecule has 0 aliphatic carbocycles. The van der Waals surface area contributed by atoms with Crippen LogP contribution in [-0.4, -0.2) is 45.9 Å². The molecule has 0 saturated carbocycles. The summed E-state index contributed by atoms with van der Waals surface area (Å²) >= 11 is 0. The van der Waals surface area contributed by atoms with Crippen molar-refractivity contribution in [2.24, 2.45) is 5.92 Å². The van der Waals surface area contributed by atoms with Gasteiger partial charge in [0.15, 0.2) is 0 Å². The first kappa shape index (κ1) is 13.4. The zero-order valence-corrected chi connectivity index (χ0v) is 9.92. The number of hydrogen-bond acceptors (Lipinski definition) is 3. The van der Waals surface area contributed by atoms with Crippen LogP contribution in [0.1, 0.15) is 16.9 Å². The van der Waals surface area contributed by atoms with Gasteiger partial charge in [0.1, 0.15) is 11.6 Å². The Morgan fingerprint density at radius 2 is 2.16 bits per heavy atom.